The topological polar surface area (TPSA) is 12.0 Å². The van der Waals surface area contributed by atoms with Crippen molar-refractivity contribution in [3.8, 4) is 0 Å². The van der Waals surface area contributed by atoms with E-state index >= 15 is 0 Å². The van der Waals surface area contributed by atoms with Gasteiger partial charge in [-0.2, -0.15) is 0 Å². The Bertz CT molecular complexity index is 154. The molecule has 0 unspecified atom stereocenters. The molecule has 0 aliphatic heterocycles. The lowest BCUT2D eigenvalue weighted by molar-refractivity contribution is 0.870. The molecule has 0 bridgehead atoms. The maximum atomic E-state index is 3.68. The fourth-order valence-electron chi connectivity index (χ4n) is 0.673. The van der Waals surface area contributed by atoms with Crippen LogP contribution in [0.25, 0.3) is 0 Å². The zero-order valence-corrected chi connectivity index (χ0v) is 6.78. The molecule has 0 aliphatic carbocycles. The van der Waals surface area contributed by atoms with Crippen molar-refractivity contribution in [3.63, 3.8) is 0 Å². The van der Waals surface area contributed by atoms with Crippen LogP contribution in [-0.4, -0.2) is 6.54 Å². The standard InChI is InChI=1S/C9H15N/c1-5-8(4)9(6-2)10-7-3/h5-6,10H,1-2,7H2,3-4H3/b9-8-. The predicted molar refractivity (Wildman–Crippen MR) is 46.8 cm³/mol. The third kappa shape index (κ3) is 2.53. The first-order valence-electron chi connectivity index (χ1n) is 3.45. The van der Waals surface area contributed by atoms with E-state index in [1.54, 1.807) is 6.08 Å². The quantitative estimate of drug-likeness (QED) is 0.586. The van der Waals surface area contributed by atoms with Crippen LogP contribution in [0, 0.1) is 0 Å². The summed E-state index contributed by atoms with van der Waals surface area (Å²) in [5, 5.41) is 3.17. The van der Waals surface area contributed by atoms with Gasteiger partial charge in [-0.1, -0.05) is 19.2 Å². The van der Waals surface area contributed by atoms with Gasteiger partial charge < -0.3 is 5.32 Å². The van der Waals surface area contributed by atoms with Gasteiger partial charge in [0.1, 0.15) is 0 Å². The van der Waals surface area contributed by atoms with Gasteiger partial charge in [0, 0.05) is 12.2 Å². The van der Waals surface area contributed by atoms with Crippen LogP contribution < -0.4 is 5.32 Å². The first-order chi connectivity index (χ1) is 4.76. The minimum atomic E-state index is 0.923. The number of nitrogens with one attached hydrogen (secondary N) is 1. The summed E-state index contributed by atoms with van der Waals surface area (Å²) in [6.45, 7) is 12.3. The van der Waals surface area contributed by atoms with Gasteiger partial charge in [0.2, 0.25) is 0 Å². The summed E-state index contributed by atoms with van der Waals surface area (Å²) in [5.74, 6) is 0. The summed E-state index contributed by atoms with van der Waals surface area (Å²) in [6, 6.07) is 0. The number of likely N-dealkylation sites (N-methyl/N-ethyl adjacent to an activating group) is 1. The molecule has 0 aromatic carbocycles. The van der Waals surface area contributed by atoms with Crippen LogP contribution in [0.3, 0.4) is 0 Å². The second-order valence-corrected chi connectivity index (χ2v) is 2.04. The zero-order valence-electron chi connectivity index (χ0n) is 6.78. The Labute approximate surface area is 63.1 Å². The van der Waals surface area contributed by atoms with E-state index < -0.39 is 0 Å². The molecule has 56 valence electrons. The Hall–Kier alpha value is -0.980. The lowest BCUT2D eigenvalue weighted by atomic mass is 10.2. The smallest absolute Gasteiger partial charge is 0.0363 e. The molecular formula is C9H15N. The number of hydrogen-bond acceptors (Lipinski definition) is 1. The Kier molecular flexibility index (Phi) is 4.38. The van der Waals surface area contributed by atoms with Gasteiger partial charge in [0.05, 0.1) is 0 Å². The van der Waals surface area contributed by atoms with E-state index in [1.165, 1.54) is 0 Å². The maximum Gasteiger partial charge on any atom is 0.0363 e. The molecule has 0 amide bonds. The van der Waals surface area contributed by atoms with E-state index in [0.717, 1.165) is 17.8 Å². The second-order valence-electron chi connectivity index (χ2n) is 2.04. The average molecular weight is 137 g/mol. The van der Waals surface area contributed by atoms with Crippen LogP contribution in [0.5, 0.6) is 0 Å². The highest BCUT2D eigenvalue weighted by atomic mass is 14.9. The molecule has 0 aliphatic rings. The van der Waals surface area contributed by atoms with Crippen molar-refractivity contribution in [1.82, 2.24) is 5.32 Å². The summed E-state index contributed by atoms with van der Waals surface area (Å²) < 4.78 is 0. The molecule has 10 heavy (non-hydrogen) atoms. The lowest BCUT2D eigenvalue weighted by Crippen LogP contribution is -2.11. The highest BCUT2D eigenvalue weighted by Crippen LogP contribution is 2.01. The SMILES string of the molecule is C=C/C(C)=C(/C=C)NCC. The number of allylic oxidation sites excluding steroid dienone is 3. The van der Waals surface area contributed by atoms with Gasteiger partial charge in [0.25, 0.3) is 0 Å². The van der Waals surface area contributed by atoms with Crippen molar-refractivity contribution in [2.45, 2.75) is 13.8 Å². The number of hydrogen-bond donors (Lipinski definition) is 1. The highest BCUT2D eigenvalue weighted by Gasteiger charge is 1.90. The van der Waals surface area contributed by atoms with E-state index in [-0.39, 0.29) is 0 Å². The molecule has 0 aromatic rings. The molecule has 1 N–H and O–H groups in total. The van der Waals surface area contributed by atoms with Crippen LogP contribution in [-0.2, 0) is 0 Å². The first-order valence-corrected chi connectivity index (χ1v) is 3.45. The van der Waals surface area contributed by atoms with E-state index in [1.807, 2.05) is 13.0 Å². The summed E-state index contributed by atoms with van der Waals surface area (Å²) in [4.78, 5) is 0. The monoisotopic (exact) mass is 137 g/mol. The molecule has 0 aromatic heterocycles. The van der Waals surface area contributed by atoms with E-state index in [2.05, 4.69) is 25.4 Å². The Morgan fingerprint density at radius 3 is 2.30 bits per heavy atom. The molecule has 0 atom stereocenters. The molecule has 1 heteroatoms. The summed E-state index contributed by atoms with van der Waals surface area (Å²) in [5.41, 5.74) is 2.20. The third-order valence-corrected chi connectivity index (χ3v) is 1.30. The Morgan fingerprint density at radius 2 is 2.00 bits per heavy atom. The third-order valence-electron chi connectivity index (χ3n) is 1.30. The van der Waals surface area contributed by atoms with Crippen LogP contribution >= 0.6 is 0 Å². The molecule has 0 rings (SSSR count). The molecule has 0 radical (unpaired) electrons. The van der Waals surface area contributed by atoms with Gasteiger partial charge in [-0.05, 0) is 25.5 Å². The van der Waals surface area contributed by atoms with Crippen LogP contribution in [0.2, 0.25) is 0 Å². The fraction of sp³-hybridized carbons (Fsp3) is 0.333. The Balaban J connectivity index is 4.28. The van der Waals surface area contributed by atoms with Gasteiger partial charge in [-0.15, -0.1) is 0 Å². The summed E-state index contributed by atoms with van der Waals surface area (Å²) in [7, 11) is 0. The largest absolute Gasteiger partial charge is 0.385 e. The number of rotatable bonds is 4. The Morgan fingerprint density at radius 1 is 1.40 bits per heavy atom. The first kappa shape index (κ1) is 9.02. The molecule has 1 nitrogen and oxygen atoms in total. The normalized spacial score (nSPS) is 11.8. The van der Waals surface area contributed by atoms with Crippen LogP contribution in [0.4, 0.5) is 0 Å². The summed E-state index contributed by atoms with van der Waals surface area (Å²) >= 11 is 0. The van der Waals surface area contributed by atoms with Gasteiger partial charge in [-0.25, -0.2) is 0 Å². The van der Waals surface area contributed by atoms with Crippen molar-refractivity contribution < 1.29 is 0 Å². The maximum absolute atomic E-state index is 3.68. The molecule has 0 saturated heterocycles. The molecule has 0 heterocycles. The predicted octanol–water partition coefficient (Wildman–Crippen LogP) is 2.24. The van der Waals surface area contributed by atoms with Gasteiger partial charge in [0.15, 0.2) is 0 Å². The van der Waals surface area contributed by atoms with E-state index in [4.69, 9.17) is 0 Å². The minimum absolute atomic E-state index is 0.923. The van der Waals surface area contributed by atoms with Crippen molar-refractivity contribution in [3.05, 3.63) is 36.6 Å². The zero-order chi connectivity index (χ0) is 7.98. The van der Waals surface area contributed by atoms with Crippen molar-refractivity contribution >= 4 is 0 Å². The van der Waals surface area contributed by atoms with Crippen molar-refractivity contribution in [2.75, 3.05) is 6.54 Å². The van der Waals surface area contributed by atoms with Gasteiger partial charge >= 0.3 is 0 Å². The fourth-order valence-corrected chi connectivity index (χ4v) is 0.673. The van der Waals surface area contributed by atoms with E-state index in [0.29, 0.717) is 0 Å². The minimum Gasteiger partial charge on any atom is -0.385 e. The lowest BCUT2D eigenvalue weighted by Gasteiger charge is -2.05. The second kappa shape index (κ2) is 4.86. The van der Waals surface area contributed by atoms with Crippen molar-refractivity contribution in [2.24, 2.45) is 0 Å². The van der Waals surface area contributed by atoms with Crippen molar-refractivity contribution in [1.29, 1.82) is 0 Å². The van der Waals surface area contributed by atoms with E-state index in [9.17, 15) is 0 Å². The van der Waals surface area contributed by atoms with Gasteiger partial charge in [-0.3, -0.25) is 0 Å². The molecule has 0 spiro atoms. The van der Waals surface area contributed by atoms with Crippen LogP contribution in [0.15, 0.2) is 36.6 Å². The molecule has 0 saturated carbocycles. The molecule has 0 fully saturated rings. The highest BCUT2D eigenvalue weighted by molar-refractivity contribution is 5.27. The molecular weight excluding hydrogens is 122 g/mol. The van der Waals surface area contributed by atoms with Crippen LogP contribution in [0.1, 0.15) is 13.8 Å². The summed E-state index contributed by atoms with van der Waals surface area (Å²) in [6.07, 6.45) is 3.63. The average Bonchev–Trinajstić information content (AvgIpc) is 1.99.